The van der Waals surface area contributed by atoms with E-state index in [0.29, 0.717) is 11.3 Å². The van der Waals surface area contributed by atoms with Gasteiger partial charge in [0.05, 0.1) is 10.9 Å². The smallest absolute Gasteiger partial charge is 0.205 e. The van der Waals surface area contributed by atoms with Crippen molar-refractivity contribution < 1.29 is 29.6 Å². The first-order chi connectivity index (χ1) is 14.0. The third kappa shape index (κ3) is 2.85. The first-order valence-electron chi connectivity index (χ1n) is 9.45. The van der Waals surface area contributed by atoms with Crippen LogP contribution in [0.4, 0.5) is 0 Å². The van der Waals surface area contributed by atoms with E-state index in [4.69, 9.17) is 9.15 Å². The van der Waals surface area contributed by atoms with Crippen LogP contribution < -0.4 is 10.2 Å². The summed E-state index contributed by atoms with van der Waals surface area (Å²) in [5, 5.41) is 41.4. The van der Waals surface area contributed by atoms with Gasteiger partial charge in [-0.3, -0.25) is 4.79 Å². The Balaban J connectivity index is 2.19. The first kappa shape index (κ1) is 19.7. The Hall–Kier alpha value is -3.61. The molecule has 2 aromatic carbocycles. The summed E-state index contributed by atoms with van der Waals surface area (Å²) < 4.78 is 11.7. The average molecular weight is 410 g/mol. The molecule has 4 N–H and O–H groups in total. The van der Waals surface area contributed by atoms with Crippen LogP contribution in [-0.4, -0.2) is 26.0 Å². The maximum atomic E-state index is 13.4. The number of benzene rings is 2. The van der Waals surface area contributed by atoms with Gasteiger partial charge in [0, 0.05) is 11.6 Å². The number of rotatable bonds is 2. The Kier molecular flexibility index (Phi) is 4.23. The van der Waals surface area contributed by atoms with Crippen molar-refractivity contribution in [2.24, 2.45) is 0 Å². The highest BCUT2D eigenvalue weighted by atomic mass is 16.5. The van der Waals surface area contributed by atoms with Crippen molar-refractivity contribution in [3.63, 3.8) is 0 Å². The van der Waals surface area contributed by atoms with E-state index in [0.717, 1.165) is 5.57 Å². The minimum absolute atomic E-state index is 0.0165. The summed E-state index contributed by atoms with van der Waals surface area (Å²) >= 11 is 0. The predicted octanol–water partition coefficient (Wildman–Crippen LogP) is 4.46. The lowest BCUT2D eigenvalue weighted by molar-refractivity contribution is 0.158. The fraction of sp³-hybridized carbons (Fsp3) is 0.261. The second kappa shape index (κ2) is 6.45. The fourth-order valence-electron chi connectivity index (χ4n) is 3.61. The van der Waals surface area contributed by atoms with Crippen molar-refractivity contribution in [3.8, 4) is 28.7 Å². The van der Waals surface area contributed by atoms with Gasteiger partial charge in [-0.1, -0.05) is 11.6 Å². The normalized spacial score (nSPS) is 14.5. The fourth-order valence-corrected chi connectivity index (χ4v) is 3.61. The zero-order valence-corrected chi connectivity index (χ0v) is 17.0. The first-order valence-corrected chi connectivity index (χ1v) is 9.45. The van der Waals surface area contributed by atoms with Gasteiger partial charge in [0.2, 0.25) is 16.9 Å². The average Bonchev–Trinajstić information content (AvgIpc) is 2.65. The quantitative estimate of drug-likeness (QED) is 0.280. The molecule has 156 valence electrons. The number of phenols is 4. The van der Waals surface area contributed by atoms with E-state index in [1.165, 1.54) is 6.07 Å². The van der Waals surface area contributed by atoms with Gasteiger partial charge in [-0.25, -0.2) is 0 Å². The topological polar surface area (TPSA) is 120 Å². The molecule has 0 saturated carbocycles. The van der Waals surface area contributed by atoms with Crippen LogP contribution in [0.25, 0.3) is 28.0 Å². The molecule has 0 bridgehead atoms. The number of fused-ring (bicyclic) bond motifs is 4. The highest BCUT2D eigenvalue weighted by Gasteiger charge is 2.29. The number of ether oxygens (including phenoxy) is 1. The Bertz CT molecular complexity index is 1340. The lowest BCUT2D eigenvalue weighted by atomic mass is 9.97. The zero-order valence-electron chi connectivity index (χ0n) is 17.0. The van der Waals surface area contributed by atoms with Crippen LogP contribution in [0.1, 0.15) is 38.8 Å². The van der Waals surface area contributed by atoms with E-state index in [1.807, 2.05) is 27.7 Å². The van der Waals surface area contributed by atoms with E-state index < -0.39 is 28.3 Å². The van der Waals surface area contributed by atoms with E-state index in [2.05, 4.69) is 0 Å². The molecule has 0 atom stereocenters. The van der Waals surface area contributed by atoms with Crippen molar-refractivity contribution in [2.75, 3.05) is 0 Å². The summed E-state index contributed by atoms with van der Waals surface area (Å²) in [6.45, 7) is 7.38. The molecule has 7 heteroatoms. The van der Waals surface area contributed by atoms with E-state index >= 15 is 0 Å². The van der Waals surface area contributed by atoms with Crippen LogP contribution in [0.3, 0.4) is 0 Å². The molecule has 0 aliphatic carbocycles. The third-order valence-corrected chi connectivity index (χ3v) is 5.14. The van der Waals surface area contributed by atoms with Gasteiger partial charge in [0.15, 0.2) is 16.9 Å². The minimum Gasteiger partial charge on any atom is -0.507 e. The molecule has 0 fully saturated rings. The second-order valence-corrected chi connectivity index (χ2v) is 8.20. The van der Waals surface area contributed by atoms with E-state index in [-0.39, 0.29) is 39.7 Å². The van der Waals surface area contributed by atoms with Gasteiger partial charge in [-0.15, -0.1) is 0 Å². The van der Waals surface area contributed by atoms with Crippen molar-refractivity contribution in [3.05, 3.63) is 45.1 Å². The van der Waals surface area contributed by atoms with Gasteiger partial charge in [-0.05, 0) is 46.3 Å². The number of allylic oxidation sites excluding steroid dienone is 2. The largest absolute Gasteiger partial charge is 0.507 e. The predicted molar refractivity (Wildman–Crippen MR) is 114 cm³/mol. The van der Waals surface area contributed by atoms with Crippen molar-refractivity contribution in [1.29, 1.82) is 0 Å². The maximum absolute atomic E-state index is 13.4. The summed E-state index contributed by atoms with van der Waals surface area (Å²) in [5.74, 6) is -2.15. The molecule has 3 aromatic rings. The minimum atomic E-state index is -0.774. The lowest BCUT2D eigenvalue weighted by Crippen LogP contribution is -2.27. The summed E-state index contributed by atoms with van der Waals surface area (Å²) in [6, 6.07) is 1.35. The molecule has 0 spiro atoms. The molecule has 1 aromatic heterocycles. The van der Waals surface area contributed by atoms with Gasteiger partial charge < -0.3 is 29.6 Å². The monoisotopic (exact) mass is 410 g/mol. The zero-order chi connectivity index (χ0) is 22.0. The maximum Gasteiger partial charge on any atom is 0.205 e. The van der Waals surface area contributed by atoms with Crippen LogP contribution >= 0.6 is 0 Å². The second-order valence-electron chi connectivity index (χ2n) is 8.20. The van der Waals surface area contributed by atoms with E-state index in [1.54, 1.807) is 18.2 Å². The van der Waals surface area contributed by atoms with Crippen LogP contribution in [0, 0.1) is 0 Å². The highest BCUT2D eigenvalue weighted by Crippen LogP contribution is 2.47. The summed E-state index contributed by atoms with van der Waals surface area (Å²) in [7, 11) is 0. The molecule has 1 aliphatic rings. The number of hydrogen-bond acceptors (Lipinski definition) is 7. The Morgan fingerprint density at radius 3 is 2.40 bits per heavy atom. The molecule has 7 nitrogen and oxygen atoms in total. The van der Waals surface area contributed by atoms with Crippen LogP contribution in [0.2, 0.25) is 0 Å². The molecular formula is C23H22O7. The van der Waals surface area contributed by atoms with Gasteiger partial charge >= 0.3 is 0 Å². The van der Waals surface area contributed by atoms with Crippen LogP contribution in [0.15, 0.2) is 33.0 Å². The number of hydrogen-bond donors (Lipinski definition) is 4. The standard InChI is InChI=1S/C23H22O7/c1-10(2)5-6-12-15-18(26)16-13(24)9-14-11(7-8-23(3,4)30-14)21(16)29-22(15)20(28)19(27)17(12)25/h5,7-9,24-25,27-28H,6H2,1-4H3. The molecule has 4 rings (SSSR count). The summed E-state index contributed by atoms with van der Waals surface area (Å²) in [4.78, 5) is 13.4. The Morgan fingerprint density at radius 1 is 1.03 bits per heavy atom. The third-order valence-electron chi connectivity index (χ3n) is 5.14. The Morgan fingerprint density at radius 2 is 1.73 bits per heavy atom. The Labute approximate surface area is 171 Å². The molecular weight excluding hydrogens is 388 g/mol. The van der Waals surface area contributed by atoms with Gasteiger partial charge in [0.1, 0.15) is 22.5 Å². The SMILES string of the molecule is CC(C)=CCc1c(O)c(O)c(O)c2oc3c4c(cc(O)c3c(=O)c12)OC(C)(C)C=C4. The van der Waals surface area contributed by atoms with Gasteiger partial charge in [-0.2, -0.15) is 0 Å². The lowest BCUT2D eigenvalue weighted by Gasteiger charge is -2.28. The molecule has 0 amide bonds. The molecule has 0 radical (unpaired) electrons. The highest BCUT2D eigenvalue weighted by molar-refractivity contribution is 6.02. The van der Waals surface area contributed by atoms with Crippen LogP contribution in [0.5, 0.6) is 28.7 Å². The van der Waals surface area contributed by atoms with Crippen molar-refractivity contribution in [2.45, 2.75) is 39.7 Å². The molecule has 2 heterocycles. The molecule has 0 saturated heterocycles. The van der Waals surface area contributed by atoms with Crippen molar-refractivity contribution in [1.82, 2.24) is 0 Å². The van der Waals surface area contributed by atoms with Gasteiger partial charge in [0.25, 0.3) is 0 Å². The number of phenolic OH excluding ortho intramolecular Hbond substituents is 4. The molecule has 30 heavy (non-hydrogen) atoms. The summed E-state index contributed by atoms with van der Waals surface area (Å²) in [6.07, 6.45) is 5.39. The molecule has 1 aliphatic heterocycles. The van der Waals surface area contributed by atoms with E-state index in [9.17, 15) is 25.2 Å². The van der Waals surface area contributed by atoms with Crippen LogP contribution in [-0.2, 0) is 6.42 Å². The number of aromatic hydroxyl groups is 4. The van der Waals surface area contributed by atoms with Crippen molar-refractivity contribution >= 4 is 28.0 Å². The molecule has 0 unspecified atom stereocenters. The summed E-state index contributed by atoms with van der Waals surface area (Å²) in [5.41, 5.74) is -0.0434.